The SMILES string of the molecule is C=CC(C1=CC(=O)C=CC1=O)c1ccccc1.COc1cc(O)c(C(=O)c2ccccc2)c(OC)c1. The Morgan fingerprint density at radius 3 is 2.14 bits per heavy atom. The van der Waals surface area contributed by atoms with Gasteiger partial charge in [0.2, 0.25) is 5.78 Å². The highest BCUT2D eigenvalue weighted by Gasteiger charge is 2.22. The van der Waals surface area contributed by atoms with Gasteiger partial charge in [0.15, 0.2) is 11.6 Å². The molecule has 1 atom stereocenters. The largest absolute Gasteiger partial charge is 0.507 e. The molecule has 0 aromatic heterocycles. The number of phenolic OH excluding ortho intramolecular Hbond substituents is 1. The van der Waals surface area contributed by atoms with Crippen LogP contribution in [0.25, 0.3) is 0 Å². The number of rotatable bonds is 7. The van der Waals surface area contributed by atoms with Crippen LogP contribution < -0.4 is 9.47 Å². The number of hydrogen-bond donors (Lipinski definition) is 1. The summed E-state index contributed by atoms with van der Waals surface area (Å²) in [6.45, 7) is 3.74. The third-order valence-electron chi connectivity index (χ3n) is 5.48. The zero-order valence-corrected chi connectivity index (χ0v) is 20.0. The maximum Gasteiger partial charge on any atom is 0.200 e. The number of methoxy groups -OCH3 is 2. The maximum atomic E-state index is 12.4. The number of hydrogen-bond acceptors (Lipinski definition) is 6. The van der Waals surface area contributed by atoms with Crippen molar-refractivity contribution in [1.29, 1.82) is 0 Å². The first-order valence-electron chi connectivity index (χ1n) is 11.1. The first kappa shape index (κ1) is 25.9. The summed E-state index contributed by atoms with van der Waals surface area (Å²) in [5.74, 6) is -0.245. The molecule has 0 saturated heterocycles. The summed E-state index contributed by atoms with van der Waals surface area (Å²) in [4.78, 5) is 35.4. The number of aromatic hydroxyl groups is 1. The first-order chi connectivity index (χ1) is 17.4. The van der Waals surface area contributed by atoms with E-state index >= 15 is 0 Å². The second-order valence-corrected chi connectivity index (χ2v) is 7.74. The number of ether oxygens (including phenoxy) is 2. The molecule has 0 fully saturated rings. The van der Waals surface area contributed by atoms with Crippen molar-refractivity contribution in [3.63, 3.8) is 0 Å². The van der Waals surface area contributed by atoms with Gasteiger partial charge in [0.25, 0.3) is 0 Å². The van der Waals surface area contributed by atoms with Gasteiger partial charge in [-0.3, -0.25) is 14.4 Å². The minimum absolute atomic E-state index is 0.127. The van der Waals surface area contributed by atoms with Crippen molar-refractivity contribution < 1.29 is 29.0 Å². The van der Waals surface area contributed by atoms with E-state index in [1.165, 1.54) is 38.5 Å². The molecule has 3 aromatic rings. The fourth-order valence-corrected chi connectivity index (χ4v) is 3.69. The molecule has 6 heteroatoms. The van der Waals surface area contributed by atoms with Crippen LogP contribution in [0.15, 0.2) is 109 Å². The molecule has 182 valence electrons. The van der Waals surface area contributed by atoms with Gasteiger partial charge >= 0.3 is 0 Å². The fraction of sp³-hybridized carbons (Fsp3) is 0.100. The lowest BCUT2D eigenvalue weighted by molar-refractivity contribution is -0.114. The molecule has 1 unspecified atom stereocenters. The number of ketones is 3. The highest BCUT2D eigenvalue weighted by atomic mass is 16.5. The molecule has 1 N–H and O–H groups in total. The van der Waals surface area contributed by atoms with Crippen molar-refractivity contribution in [3.8, 4) is 17.2 Å². The second kappa shape index (κ2) is 12.1. The van der Waals surface area contributed by atoms with E-state index in [1.54, 1.807) is 36.4 Å². The van der Waals surface area contributed by atoms with Gasteiger partial charge in [-0.2, -0.15) is 0 Å². The van der Waals surface area contributed by atoms with E-state index in [2.05, 4.69) is 6.58 Å². The van der Waals surface area contributed by atoms with E-state index in [0.717, 1.165) is 5.56 Å². The normalized spacial score (nSPS) is 13.1. The van der Waals surface area contributed by atoms with Crippen molar-refractivity contribution in [2.24, 2.45) is 0 Å². The van der Waals surface area contributed by atoms with Crippen LogP contribution in [0, 0.1) is 0 Å². The molecule has 0 aliphatic heterocycles. The first-order valence-corrected chi connectivity index (χ1v) is 11.1. The van der Waals surface area contributed by atoms with E-state index in [9.17, 15) is 19.5 Å². The van der Waals surface area contributed by atoms with Crippen LogP contribution in [0.3, 0.4) is 0 Å². The number of carbonyl (C=O) groups excluding carboxylic acids is 3. The number of carbonyl (C=O) groups is 3. The number of benzene rings is 3. The summed E-state index contributed by atoms with van der Waals surface area (Å²) in [5, 5.41) is 9.99. The summed E-state index contributed by atoms with van der Waals surface area (Å²) in [6.07, 6.45) is 5.68. The summed E-state index contributed by atoms with van der Waals surface area (Å²) in [5.41, 5.74) is 2.07. The lowest BCUT2D eigenvalue weighted by Gasteiger charge is -2.16. The van der Waals surface area contributed by atoms with E-state index in [0.29, 0.717) is 16.9 Å². The Balaban J connectivity index is 0.000000202. The smallest absolute Gasteiger partial charge is 0.200 e. The zero-order valence-electron chi connectivity index (χ0n) is 20.0. The van der Waals surface area contributed by atoms with Gasteiger partial charge in [-0.05, 0) is 23.8 Å². The lowest BCUT2D eigenvalue weighted by atomic mass is 9.86. The van der Waals surface area contributed by atoms with E-state index in [4.69, 9.17) is 9.47 Å². The van der Waals surface area contributed by atoms with Crippen molar-refractivity contribution in [2.75, 3.05) is 14.2 Å². The molecule has 1 aliphatic rings. The molecule has 0 amide bonds. The number of allylic oxidation sites excluding steroid dienone is 5. The Labute approximate surface area is 209 Å². The fourth-order valence-electron chi connectivity index (χ4n) is 3.69. The minimum atomic E-state index is -0.294. The molecule has 0 saturated carbocycles. The highest BCUT2D eigenvalue weighted by Crippen LogP contribution is 2.34. The van der Waals surface area contributed by atoms with Gasteiger partial charge in [-0.1, -0.05) is 66.7 Å². The van der Waals surface area contributed by atoms with Gasteiger partial charge in [-0.25, -0.2) is 0 Å². The summed E-state index contributed by atoms with van der Waals surface area (Å²) in [6, 6.07) is 21.2. The van der Waals surface area contributed by atoms with E-state index in [1.807, 2.05) is 36.4 Å². The third-order valence-corrected chi connectivity index (χ3v) is 5.48. The van der Waals surface area contributed by atoms with E-state index < -0.39 is 0 Å². The predicted octanol–water partition coefficient (Wildman–Crippen LogP) is 5.23. The Kier molecular flexibility index (Phi) is 8.73. The standard InChI is InChI=1S/C15H14O4.C15H12O2/c1-18-11-8-12(16)14(13(9-11)19-2)15(17)10-6-4-3-5-7-10;1-2-13(11-6-4-3-5-7-11)14-10-12(16)8-9-15(14)17/h3-9,16H,1-2H3;2-10,13H,1H2. The summed E-state index contributed by atoms with van der Waals surface area (Å²) in [7, 11) is 2.92. The Hall–Kier alpha value is -4.71. The maximum absolute atomic E-state index is 12.4. The zero-order chi connectivity index (χ0) is 26.1. The van der Waals surface area contributed by atoms with Crippen LogP contribution >= 0.6 is 0 Å². The van der Waals surface area contributed by atoms with Crippen LogP contribution in [0.1, 0.15) is 27.4 Å². The second-order valence-electron chi connectivity index (χ2n) is 7.74. The van der Waals surface area contributed by atoms with Crippen LogP contribution in [0.4, 0.5) is 0 Å². The predicted molar refractivity (Wildman–Crippen MR) is 138 cm³/mol. The molecular weight excluding hydrogens is 456 g/mol. The van der Waals surface area contributed by atoms with Crippen LogP contribution in [0.5, 0.6) is 17.2 Å². The average molecular weight is 483 g/mol. The quantitative estimate of drug-likeness (QED) is 0.282. The number of phenols is 1. The van der Waals surface area contributed by atoms with Crippen molar-refractivity contribution in [1.82, 2.24) is 0 Å². The molecule has 0 heterocycles. The Morgan fingerprint density at radius 1 is 0.917 bits per heavy atom. The average Bonchev–Trinajstić information content (AvgIpc) is 2.91. The molecule has 1 aliphatic carbocycles. The lowest BCUT2D eigenvalue weighted by Crippen LogP contribution is -2.13. The Bertz CT molecular complexity index is 1320. The van der Waals surface area contributed by atoms with Gasteiger partial charge < -0.3 is 14.6 Å². The summed E-state index contributed by atoms with van der Waals surface area (Å²) >= 11 is 0. The van der Waals surface area contributed by atoms with Crippen LogP contribution in [-0.2, 0) is 9.59 Å². The topological polar surface area (TPSA) is 89.9 Å². The Morgan fingerprint density at radius 2 is 1.56 bits per heavy atom. The molecule has 4 rings (SSSR count). The molecule has 0 bridgehead atoms. The van der Waals surface area contributed by atoms with Crippen molar-refractivity contribution in [2.45, 2.75) is 5.92 Å². The molecule has 0 radical (unpaired) electrons. The molecule has 0 spiro atoms. The minimum Gasteiger partial charge on any atom is -0.507 e. The highest BCUT2D eigenvalue weighted by molar-refractivity contribution is 6.18. The van der Waals surface area contributed by atoms with Crippen molar-refractivity contribution >= 4 is 17.3 Å². The molecule has 3 aromatic carbocycles. The van der Waals surface area contributed by atoms with Gasteiger partial charge in [0, 0.05) is 29.2 Å². The van der Waals surface area contributed by atoms with Crippen molar-refractivity contribution in [3.05, 3.63) is 126 Å². The molecule has 6 nitrogen and oxygen atoms in total. The van der Waals surface area contributed by atoms with E-state index in [-0.39, 0.29) is 40.3 Å². The monoisotopic (exact) mass is 482 g/mol. The van der Waals surface area contributed by atoms with Gasteiger partial charge in [0.05, 0.1) is 14.2 Å². The molecule has 36 heavy (non-hydrogen) atoms. The van der Waals surface area contributed by atoms with Gasteiger partial charge in [-0.15, -0.1) is 6.58 Å². The summed E-state index contributed by atoms with van der Waals surface area (Å²) < 4.78 is 10.2. The molecular formula is C30H26O6. The van der Waals surface area contributed by atoms with Crippen LogP contribution in [-0.4, -0.2) is 36.7 Å². The van der Waals surface area contributed by atoms with Crippen LogP contribution in [0.2, 0.25) is 0 Å². The third kappa shape index (κ3) is 6.04. The van der Waals surface area contributed by atoms with Gasteiger partial charge in [0.1, 0.15) is 22.8 Å².